The highest BCUT2D eigenvalue weighted by molar-refractivity contribution is 7.21. The molecule has 25 heavy (non-hydrogen) atoms. The number of carbonyl (C=O) groups excluding carboxylic acids is 2. The molecular weight excluding hydrogens is 365 g/mol. The number of esters is 1. The Balaban J connectivity index is 2.07. The molecule has 0 fully saturated rings. The van der Waals surface area contributed by atoms with Crippen LogP contribution in [-0.2, 0) is 9.53 Å². The summed E-state index contributed by atoms with van der Waals surface area (Å²) in [4.78, 5) is 24.3. The van der Waals surface area contributed by atoms with Crippen molar-refractivity contribution < 1.29 is 18.7 Å². The fourth-order valence-corrected chi connectivity index (χ4v) is 3.76. The first kappa shape index (κ1) is 19.2. The van der Waals surface area contributed by atoms with Gasteiger partial charge in [0.25, 0.3) is 5.91 Å². The summed E-state index contributed by atoms with van der Waals surface area (Å²) in [7, 11) is 0. The molecule has 0 aliphatic rings. The molecule has 1 amide bonds. The van der Waals surface area contributed by atoms with Crippen LogP contribution in [0.2, 0.25) is 5.02 Å². The molecule has 1 aromatic carbocycles. The van der Waals surface area contributed by atoms with Crippen molar-refractivity contribution in [3.8, 4) is 12.3 Å². The van der Waals surface area contributed by atoms with Crippen molar-refractivity contribution in [3.63, 3.8) is 0 Å². The molecule has 0 aliphatic heterocycles. The van der Waals surface area contributed by atoms with Crippen molar-refractivity contribution in [3.05, 3.63) is 33.9 Å². The van der Waals surface area contributed by atoms with Gasteiger partial charge in [-0.1, -0.05) is 31.4 Å². The van der Waals surface area contributed by atoms with Gasteiger partial charge in [-0.05, 0) is 31.0 Å². The molecule has 4 nitrogen and oxygen atoms in total. The van der Waals surface area contributed by atoms with E-state index in [2.05, 4.69) is 11.2 Å². The molecule has 0 atom stereocenters. The minimum absolute atomic E-state index is 0.129. The maximum absolute atomic E-state index is 13.3. The number of halogens is 2. The Kier molecular flexibility index (Phi) is 6.04. The summed E-state index contributed by atoms with van der Waals surface area (Å²) in [6, 6.07) is 4.05. The van der Waals surface area contributed by atoms with Crippen molar-refractivity contribution in [2.75, 3.05) is 6.61 Å². The van der Waals surface area contributed by atoms with Gasteiger partial charge in [-0.15, -0.1) is 17.8 Å². The molecule has 1 aromatic heterocycles. The lowest BCUT2D eigenvalue weighted by Crippen LogP contribution is -2.48. The molecule has 1 N–H and O–H groups in total. The second kappa shape index (κ2) is 7.85. The third-order valence-corrected chi connectivity index (χ3v) is 5.61. The van der Waals surface area contributed by atoms with Gasteiger partial charge < -0.3 is 10.1 Å². The monoisotopic (exact) mass is 381 g/mol. The summed E-state index contributed by atoms with van der Waals surface area (Å²) in [5.74, 6) is 0.926. The zero-order valence-corrected chi connectivity index (χ0v) is 15.4. The van der Waals surface area contributed by atoms with Crippen molar-refractivity contribution in [1.82, 2.24) is 5.32 Å². The average molecular weight is 382 g/mol. The van der Waals surface area contributed by atoms with Gasteiger partial charge in [-0.25, -0.2) is 9.18 Å². The molecule has 0 unspecified atom stereocenters. The Labute approximate surface area is 154 Å². The Hall–Kier alpha value is -2.10. The number of thiophene rings is 1. The van der Waals surface area contributed by atoms with Crippen LogP contribution in [0.1, 0.15) is 36.4 Å². The van der Waals surface area contributed by atoms with Crippen LogP contribution in [0.5, 0.6) is 0 Å². The van der Waals surface area contributed by atoms with Gasteiger partial charge in [0.05, 0.1) is 5.02 Å². The molecule has 7 heteroatoms. The molecule has 2 aromatic rings. The Morgan fingerprint density at radius 3 is 2.68 bits per heavy atom. The first-order valence-electron chi connectivity index (χ1n) is 7.69. The van der Waals surface area contributed by atoms with Crippen LogP contribution in [0.25, 0.3) is 10.1 Å². The molecule has 0 radical (unpaired) electrons. The number of carbonyl (C=O) groups is 2. The number of nitrogens with one attached hydrogen (secondary N) is 1. The van der Waals surface area contributed by atoms with Gasteiger partial charge in [-0.2, -0.15) is 0 Å². The molecule has 1 heterocycles. The second-order valence-corrected chi connectivity index (χ2v) is 6.87. The van der Waals surface area contributed by atoms with Crippen LogP contribution in [0, 0.1) is 18.2 Å². The van der Waals surface area contributed by atoms with E-state index in [1.807, 2.05) is 13.8 Å². The molecule has 2 rings (SSSR count). The minimum Gasteiger partial charge on any atom is -0.451 e. The van der Waals surface area contributed by atoms with Gasteiger partial charge >= 0.3 is 5.97 Å². The molecule has 0 bridgehead atoms. The zero-order chi connectivity index (χ0) is 18.6. The van der Waals surface area contributed by atoms with Gasteiger partial charge in [0.15, 0.2) is 6.61 Å². The van der Waals surface area contributed by atoms with Crippen LogP contribution < -0.4 is 5.32 Å². The third-order valence-electron chi connectivity index (χ3n) is 3.97. The first-order chi connectivity index (χ1) is 11.9. The minimum atomic E-state index is -0.754. The highest BCUT2D eigenvalue weighted by Crippen LogP contribution is 2.36. The standard InChI is InChI=1S/C18H17ClFNO3S/c1-4-18(5-2,6-3)21-14(22)10-24-17(23)16-15(19)12-8-7-11(20)9-13(12)25-16/h1,7-9H,5-6,10H2,2-3H3,(H,21,22). The number of rotatable bonds is 6. The summed E-state index contributed by atoms with van der Waals surface area (Å²) in [6.07, 6.45) is 6.61. The first-order valence-corrected chi connectivity index (χ1v) is 8.88. The Morgan fingerprint density at radius 2 is 2.08 bits per heavy atom. The molecular formula is C18H17ClFNO3S. The maximum Gasteiger partial charge on any atom is 0.350 e. The van der Waals surface area contributed by atoms with E-state index in [9.17, 15) is 14.0 Å². The van der Waals surface area contributed by atoms with Crippen molar-refractivity contribution >= 4 is 44.9 Å². The van der Waals surface area contributed by atoms with Crippen molar-refractivity contribution in [2.24, 2.45) is 0 Å². The molecule has 0 saturated heterocycles. The third kappa shape index (κ3) is 4.12. The van der Waals surface area contributed by atoms with Crippen LogP contribution >= 0.6 is 22.9 Å². The number of terminal acetylenes is 1. The summed E-state index contributed by atoms with van der Waals surface area (Å²) in [5, 5.41) is 3.45. The van der Waals surface area contributed by atoms with E-state index in [0.717, 1.165) is 11.3 Å². The molecule has 0 aliphatic carbocycles. The molecule has 132 valence electrons. The van der Waals surface area contributed by atoms with Crippen LogP contribution in [0.4, 0.5) is 4.39 Å². The number of amides is 1. The van der Waals surface area contributed by atoms with Gasteiger partial charge in [0, 0.05) is 10.1 Å². The van der Waals surface area contributed by atoms with E-state index in [0.29, 0.717) is 22.9 Å². The Bertz CT molecular complexity index is 852. The van der Waals surface area contributed by atoms with E-state index in [1.54, 1.807) is 0 Å². The van der Waals surface area contributed by atoms with Crippen LogP contribution in [-0.4, -0.2) is 24.0 Å². The Morgan fingerprint density at radius 1 is 1.40 bits per heavy atom. The summed E-state index contributed by atoms with van der Waals surface area (Å²) < 4.78 is 18.8. The van der Waals surface area contributed by atoms with Crippen molar-refractivity contribution in [2.45, 2.75) is 32.2 Å². The van der Waals surface area contributed by atoms with E-state index in [4.69, 9.17) is 22.8 Å². The number of hydrogen-bond acceptors (Lipinski definition) is 4. The predicted octanol–water partition coefficient (Wildman–Crippen LogP) is 4.16. The van der Waals surface area contributed by atoms with E-state index in [1.165, 1.54) is 18.2 Å². The normalized spacial score (nSPS) is 11.2. The second-order valence-electron chi connectivity index (χ2n) is 5.44. The largest absolute Gasteiger partial charge is 0.451 e. The lowest BCUT2D eigenvalue weighted by Gasteiger charge is -2.26. The number of fused-ring (bicyclic) bond motifs is 1. The number of benzene rings is 1. The lowest BCUT2D eigenvalue weighted by molar-refractivity contribution is -0.125. The maximum atomic E-state index is 13.3. The van der Waals surface area contributed by atoms with Gasteiger partial charge in [-0.3, -0.25) is 4.79 Å². The topological polar surface area (TPSA) is 55.4 Å². The zero-order valence-electron chi connectivity index (χ0n) is 13.8. The summed E-state index contributed by atoms with van der Waals surface area (Å²) >= 11 is 7.17. The number of ether oxygens (including phenoxy) is 1. The van der Waals surface area contributed by atoms with E-state index in [-0.39, 0.29) is 9.90 Å². The van der Waals surface area contributed by atoms with Crippen molar-refractivity contribution in [1.29, 1.82) is 0 Å². The number of hydrogen-bond donors (Lipinski definition) is 1. The highest BCUT2D eigenvalue weighted by atomic mass is 35.5. The van der Waals surface area contributed by atoms with Gasteiger partial charge in [0.1, 0.15) is 16.2 Å². The summed E-state index contributed by atoms with van der Waals surface area (Å²) in [5.41, 5.74) is -0.754. The van der Waals surface area contributed by atoms with Gasteiger partial charge in [0.2, 0.25) is 0 Å². The SMILES string of the molecule is C#CC(CC)(CC)NC(=O)COC(=O)c1sc2cc(F)ccc2c1Cl. The van der Waals surface area contributed by atoms with Crippen LogP contribution in [0.15, 0.2) is 18.2 Å². The van der Waals surface area contributed by atoms with E-state index < -0.39 is 29.8 Å². The fraction of sp³-hybridized carbons (Fsp3) is 0.333. The molecule has 0 spiro atoms. The predicted molar refractivity (Wildman–Crippen MR) is 97.4 cm³/mol. The fourth-order valence-electron chi connectivity index (χ4n) is 2.34. The van der Waals surface area contributed by atoms with E-state index >= 15 is 0 Å². The highest BCUT2D eigenvalue weighted by Gasteiger charge is 2.26. The van der Waals surface area contributed by atoms with Crippen LogP contribution in [0.3, 0.4) is 0 Å². The smallest absolute Gasteiger partial charge is 0.350 e. The lowest BCUT2D eigenvalue weighted by atomic mass is 9.94. The summed E-state index contributed by atoms with van der Waals surface area (Å²) in [6.45, 7) is 3.26. The average Bonchev–Trinajstić information content (AvgIpc) is 2.93. The molecule has 0 saturated carbocycles. The quantitative estimate of drug-likeness (QED) is 0.603.